The predicted molar refractivity (Wildman–Crippen MR) is 111 cm³/mol. The van der Waals surface area contributed by atoms with Crippen LogP contribution in [0.15, 0.2) is 53.0 Å². The van der Waals surface area contributed by atoms with Gasteiger partial charge >= 0.3 is 0 Å². The molecule has 0 aromatic heterocycles. The van der Waals surface area contributed by atoms with Crippen molar-refractivity contribution >= 4 is 21.8 Å². The number of benzene rings is 2. The third-order valence-corrected chi connectivity index (χ3v) is 5.63. The van der Waals surface area contributed by atoms with E-state index in [1.807, 2.05) is 55.5 Å². The average Bonchev–Trinajstić information content (AvgIpc) is 2.71. The zero-order chi connectivity index (χ0) is 20.0. The number of amides is 1. The fourth-order valence-electron chi connectivity index (χ4n) is 2.94. The summed E-state index contributed by atoms with van der Waals surface area (Å²) in [5.74, 6) is 0.692. The Hall–Kier alpha value is -1.89. The molecule has 2 aromatic rings. The summed E-state index contributed by atoms with van der Waals surface area (Å²) in [7, 11) is 5.12. The number of likely N-dealkylation sites (N-methyl/N-ethyl adjacent to an activating group) is 2. The van der Waals surface area contributed by atoms with Gasteiger partial charge in [-0.3, -0.25) is 4.79 Å². The standard InChI is InChI=1S/C21H27BrN2O3/c1-14(20(25)15-8-6-5-7-9-15)24(3)21(26)19(23-2)12-16-10-11-17(27-4)13-18(16)22/h5-11,13-14,19-20,23,25H,12H2,1-4H3/t14-,19+,20+/m0/s1. The first-order valence-electron chi connectivity index (χ1n) is 8.88. The molecule has 2 aromatic carbocycles. The minimum atomic E-state index is -0.745. The van der Waals surface area contributed by atoms with Crippen LogP contribution in [0.2, 0.25) is 0 Å². The van der Waals surface area contributed by atoms with Crippen molar-refractivity contribution in [2.24, 2.45) is 0 Å². The molecule has 0 bridgehead atoms. The molecular formula is C21H27BrN2O3. The summed E-state index contributed by atoms with van der Waals surface area (Å²) in [6.07, 6.45) is -0.219. The van der Waals surface area contributed by atoms with Gasteiger partial charge in [-0.2, -0.15) is 0 Å². The van der Waals surface area contributed by atoms with Crippen LogP contribution in [0, 0.1) is 0 Å². The van der Waals surface area contributed by atoms with Gasteiger partial charge in [0.25, 0.3) is 0 Å². The summed E-state index contributed by atoms with van der Waals surface area (Å²) in [4.78, 5) is 14.6. The lowest BCUT2D eigenvalue weighted by Gasteiger charge is -2.32. The molecule has 0 aliphatic carbocycles. The number of carbonyl (C=O) groups is 1. The highest BCUT2D eigenvalue weighted by atomic mass is 79.9. The maximum absolute atomic E-state index is 13.0. The van der Waals surface area contributed by atoms with Crippen LogP contribution in [-0.4, -0.2) is 49.2 Å². The highest BCUT2D eigenvalue weighted by Crippen LogP contribution is 2.25. The third-order valence-electron chi connectivity index (χ3n) is 4.89. The molecule has 0 aliphatic rings. The van der Waals surface area contributed by atoms with E-state index in [1.54, 1.807) is 26.1 Å². The summed E-state index contributed by atoms with van der Waals surface area (Å²) in [6, 6.07) is 14.4. The number of nitrogens with one attached hydrogen (secondary N) is 1. The predicted octanol–water partition coefficient (Wildman–Crippen LogP) is 3.17. The second-order valence-electron chi connectivity index (χ2n) is 6.55. The van der Waals surface area contributed by atoms with Gasteiger partial charge in [-0.25, -0.2) is 0 Å². The quantitative estimate of drug-likeness (QED) is 0.669. The summed E-state index contributed by atoms with van der Waals surface area (Å²) in [5.41, 5.74) is 1.80. The van der Waals surface area contributed by atoms with Crippen LogP contribution < -0.4 is 10.1 Å². The van der Waals surface area contributed by atoms with Crippen molar-refractivity contribution in [3.63, 3.8) is 0 Å². The number of methoxy groups -OCH3 is 1. The second kappa shape index (κ2) is 9.88. The molecule has 0 spiro atoms. The van der Waals surface area contributed by atoms with Crippen LogP contribution in [0.4, 0.5) is 0 Å². The van der Waals surface area contributed by atoms with Crippen molar-refractivity contribution in [1.82, 2.24) is 10.2 Å². The van der Waals surface area contributed by atoms with E-state index in [0.29, 0.717) is 6.42 Å². The monoisotopic (exact) mass is 434 g/mol. The van der Waals surface area contributed by atoms with Gasteiger partial charge < -0.3 is 20.1 Å². The van der Waals surface area contributed by atoms with Crippen LogP contribution in [0.5, 0.6) is 5.75 Å². The molecule has 0 saturated heterocycles. The Bertz CT molecular complexity index is 754. The van der Waals surface area contributed by atoms with Crippen LogP contribution in [-0.2, 0) is 11.2 Å². The molecule has 0 unspecified atom stereocenters. The second-order valence-corrected chi connectivity index (χ2v) is 7.40. The molecule has 0 heterocycles. The Morgan fingerprint density at radius 1 is 1.26 bits per heavy atom. The number of hydrogen-bond acceptors (Lipinski definition) is 4. The summed E-state index contributed by atoms with van der Waals surface area (Å²) >= 11 is 3.54. The van der Waals surface area contributed by atoms with Gasteiger partial charge in [0.15, 0.2) is 0 Å². The molecule has 6 heteroatoms. The van der Waals surface area contributed by atoms with Gasteiger partial charge in [-0.1, -0.05) is 52.3 Å². The van der Waals surface area contributed by atoms with Crippen LogP contribution in [0.25, 0.3) is 0 Å². The average molecular weight is 435 g/mol. The fraction of sp³-hybridized carbons (Fsp3) is 0.381. The number of rotatable bonds is 8. The van der Waals surface area contributed by atoms with Gasteiger partial charge in [-0.05, 0) is 43.7 Å². The number of nitrogens with zero attached hydrogens (tertiary/aromatic N) is 1. The maximum Gasteiger partial charge on any atom is 0.240 e. The Kier molecular flexibility index (Phi) is 7.83. The molecule has 5 nitrogen and oxygen atoms in total. The Labute approximate surface area is 169 Å². The van der Waals surface area contributed by atoms with Crippen LogP contribution >= 0.6 is 15.9 Å². The molecule has 3 atom stereocenters. The zero-order valence-corrected chi connectivity index (χ0v) is 17.7. The number of aliphatic hydroxyl groups is 1. The molecule has 2 rings (SSSR count). The lowest BCUT2D eigenvalue weighted by molar-refractivity contribution is -0.136. The first-order valence-corrected chi connectivity index (χ1v) is 9.67. The number of ether oxygens (including phenoxy) is 1. The Balaban J connectivity index is 2.10. The molecule has 146 valence electrons. The molecule has 0 fully saturated rings. The molecule has 0 radical (unpaired) electrons. The minimum absolute atomic E-state index is 0.0669. The molecular weight excluding hydrogens is 408 g/mol. The lowest BCUT2D eigenvalue weighted by atomic mass is 10.0. The summed E-state index contributed by atoms with van der Waals surface area (Å²) in [5, 5.41) is 13.7. The first kappa shape index (κ1) is 21.4. The van der Waals surface area contributed by atoms with Gasteiger partial charge in [0, 0.05) is 11.5 Å². The highest BCUT2D eigenvalue weighted by molar-refractivity contribution is 9.10. The van der Waals surface area contributed by atoms with Crippen molar-refractivity contribution < 1.29 is 14.6 Å². The molecule has 1 amide bonds. The van der Waals surface area contributed by atoms with E-state index >= 15 is 0 Å². The zero-order valence-electron chi connectivity index (χ0n) is 16.1. The van der Waals surface area contributed by atoms with E-state index in [0.717, 1.165) is 21.3 Å². The summed E-state index contributed by atoms with van der Waals surface area (Å²) < 4.78 is 6.12. The van der Waals surface area contributed by atoms with Crippen molar-refractivity contribution in [2.45, 2.75) is 31.5 Å². The van der Waals surface area contributed by atoms with Gasteiger partial charge in [0.05, 0.1) is 25.3 Å². The minimum Gasteiger partial charge on any atom is -0.497 e. The Morgan fingerprint density at radius 2 is 1.93 bits per heavy atom. The van der Waals surface area contributed by atoms with Gasteiger partial charge in [0.2, 0.25) is 5.91 Å². The SMILES string of the molecule is CN[C@H](Cc1ccc(OC)cc1Br)C(=O)N(C)[C@@H](C)[C@@H](O)c1ccccc1. The molecule has 0 saturated carbocycles. The summed E-state index contributed by atoms with van der Waals surface area (Å²) in [6.45, 7) is 1.85. The third kappa shape index (κ3) is 5.31. The fourth-order valence-corrected chi connectivity index (χ4v) is 3.46. The van der Waals surface area contributed by atoms with Crippen LogP contribution in [0.3, 0.4) is 0 Å². The number of hydrogen-bond donors (Lipinski definition) is 2. The largest absolute Gasteiger partial charge is 0.497 e. The maximum atomic E-state index is 13.0. The van der Waals surface area contributed by atoms with Gasteiger partial charge in [-0.15, -0.1) is 0 Å². The topological polar surface area (TPSA) is 61.8 Å². The van der Waals surface area contributed by atoms with Gasteiger partial charge in [0.1, 0.15) is 5.75 Å². The van der Waals surface area contributed by atoms with E-state index in [9.17, 15) is 9.90 Å². The lowest BCUT2D eigenvalue weighted by Crippen LogP contribution is -2.49. The van der Waals surface area contributed by atoms with E-state index < -0.39 is 12.1 Å². The highest BCUT2D eigenvalue weighted by Gasteiger charge is 2.28. The number of halogens is 1. The van der Waals surface area contributed by atoms with E-state index in [-0.39, 0.29) is 11.9 Å². The number of aliphatic hydroxyl groups excluding tert-OH is 1. The van der Waals surface area contributed by atoms with Crippen molar-refractivity contribution in [1.29, 1.82) is 0 Å². The van der Waals surface area contributed by atoms with E-state index in [2.05, 4.69) is 21.2 Å². The molecule has 27 heavy (non-hydrogen) atoms. The normalized spacial score (nSPS) is 14.3. The molecule has 0 aliphatic heterocycles. The van der Waals surface area contributed by atoms with Crippen molar-refractivity contribution in [3.05, 3.63) is 64.1 Å². The first-order chi connectivity index (χ1) is 12.9. The van der Waals surface area contributed by atoms with Crippen molar-refractivity contribution in [2.75, 3.05) is 21.2 Å². The Morgan fingerprint density at radius 3 is 2.48 bits per heavy atom. The smallest absolute Gasteiger partial charge is 0.240 e. The van der Waals surface area contributed by atoms with Crippen LogP contribution in [0.1, 0.15) is 24.2 Å². The van der Waals surface area contributed by atoms with E-state index in [4.69, 9.17) is 4.74 Å². The molecule has 2 N–H and O–H groups in total. The van der Waals surface area contributed by atoms with E-state index in [1.165, 1.54) is 0 Å². The van der Waals surface area contributed by atoms with Crippen molar-refractivity contribution in [3.8, 4) is 5.75 Å². The number of carbonyl (C=O) groups excluding carboxylic acids is 1.